The Morgan fingerprint density at radius 3 is 2.46 bits per heavy atom. The number of rotatable bonds is 5. The van der Waals surface area contributed by atoms with Crippen molar-refractivity contribution in [3.63, 3.8) is 0 Å². The van der Waals surface area contributed by atoms with E-state index in [2.05, 4.69) is 47.4 Å². The van der Waals surface area contributed by atoms with E-state index in [1.54, 1.807) is 0 Å². The predicted molar refractivity (Wildman–Crippen MR) is 100 cm³/mol. The predicted octanol–water partition coefficient (Wildman–Crippen LogP) is 4.21. The monoisotopic (exact) mass is 354 g/mol. The Labute approximate surface area is 148 Å². The zero-order valence-electron chi connectivity index (χ0n) is 16.3. The molecule has 0 aromatic carbocycles. The summed E-state index contributed by atoms with van der Waals surface area (Å²) in [6.45, 7) is 17.1. The summed E-state index contributed by atoms with van der Waals surface area (Å²) in [5, 5.41) is 10.9. The molecule has 1 rings (SSSR count). The van der Waals surface area contributed by atoms with Gasteiger partial charge in [-0.15, -0.1) is 0 Å². The summed E-state index contributed by atoms with van der Waals surface area (Å²) in [4.78, 5) is 12.2. The van der Waals surface area contributed by atoms with Crippen molar-refractivity contribution in [1.82, 2.24) is 0 Å². The van der Waals surface area contributed by atoms with Crippen molar-refractivity contribution in [3.05, 3.63) is 24.3 Å². The molecule has 0 bridgehead atoms. The molecule has 24 heavy (non-hydrogen) atoms. The van der Waals surface area contributed by atoms with Gasteiger partial charge in [0.25, 0.3) is 0 Å². The minimum Gasteiger partial charge on any atom is -0.467 e. The average molecular weight is 355 g/mol. The van der Waals surface area contributed by atoms with Crippen molar-refractivity contribution in [3.8, 4) is 0 Å². The highest BCUT2D eigenvalue weighted by atomic mass is 28.4. The second-order valence-electron chi connectivity index (χ2n) is 8.32. The summed E-state index contributed by atoms with van der Waals surface area (Å²) in [7, 11) is -0.741. The molecule has 0 aromatic rings. The first kappa shape index (κ1) is 21.1. The van der Waals surface area contributed by atoms with E-state index in [0.29, 0.717) is 6.42 Å². The number of methoxy groups -OCH3 is 1. The third-order valence-electron chi connectivity index (χ3n) is 5.38. The molecule has 0 aromatic heterocycles. The lowest BCUT2D eigenvalue weighted by molar-refractivity contribution is -0.168. The largest absolute Gasteiger partial charge is 0.467 e. The minimum absolute atomic E-state index is 0.0445. The number of carbonyl (C=O) groups excluding carboxylic acids is 1. The van der Waals surface area contributed by atoms with E-state index in [4.69, 9.17) is 9.16 Å². The minimum atomic E-state index is -2.05. The Morgan fingerprint density at radius 2 is 2.00 bits per heavy atom. The number of aliphatic hydroxyl groups is 1. The fourth-order valence-corrected chi connectivity index (χ4v) is 4.05. The zero-order valence-corrected chi connectivity index (χ0v) is 17.3. The van der Waals surface area contributed by atoms with E-state index in [-0.39, 0.29) is 23.5 Å². The second-order valence-corrected chi connectivity index (χ2v) is 13.1. The van der Waals surface area contributed by atoms with Crippen LogP contribution in [0.1, 0.15) is 47.0 Å². The maximum atomic E-state index is 12.2. The van der Waals surface area contributed by atoms with Crippen LogP contribution in [0.15, 0.2) is 24.3 Å². The van der Waals surface area contributed by atoms with Gasteiger partial charge in [0.2, 0.25) is 0 Å². The van der Waals surface area contributed by atoms with Gasteiger partial charge in [0, 0.05) is 12.3 Å². The molecular formula is C19H34O4Si. The molecule has 1 N–H and O–H groups in total. The van der Waals surface area contributed by atoms with Gasteiger partial charge in [-0.2, -0.15) is 0 Å². The molecule has 3 atom stereocenters. The quantitative estimate of drug-likeness (QED) is 0.456. The van der Waals surface area contributed by atoms with E-state index < -0.39 is 19.9 Å². The molecule has 0 amide bonds. The molecule has 1 aliphatic carbocycles. The first-order chi connectivity index (χ1) is 10.9. The Morgan fingerprint density at radius 1 is 1.42 bits per heavy atom. The standard InChI is InChI=1S/C19H34O4Si/c1-9-10-11-15-12-19(21,17(20)22-6)13-16(14(15)2)23-24(7,8)18(3,4)5/h10-11,15-16,21H,2,9,12-13H2,1,3-8H3/t15-,16-,19+/m1/s1. The summed E-state index contributed by atoms with van der Waals surface area (Å²) < 4.78 is 11.3. The number of hydrogen-bond donors (Lipinski definition) is 1. The number of hydrogen-bond acceptors (Lipinski definition) is 4. The van der Waals surface area contributed by atoms with Crippen LogP contribution in [0.3, 0.4) is 0 Å². The lowest BCUT2D eigenvalue weighted by atomic mass is 9.73. The summed E-state index contributed by atoms with van der Waals surface area (Å²) >= 11 is 0. The summed E-state index contributed by atoms with van der Waals surface area (Å²) in [5.74, 6) is -0.675. The third kappa shape index (κ3) is 4.58. The van der Waals surface area contributed by atoms with Crippen LogP contribution in [0, 0.1) is 5.92 Å². The average Bonchev–Trinajstić information content (AvgIpc) is 2.46. The molecule has 1 aliphatic rings. The van der Waals surface area contributed by atoms with Crippen molar-refractivity contribution < 1.29 is 19.1 Å². The van der Waals surface area contributed by atoms with Gasteiger partial charge in [0.15, 0.2) is 13.9 Å². The van der Waals surface area contributed by atoms with Gasteiger partial charge in [-0.25, -0.2) is 4.79 Å². The Bertz CT molecular complexity index is 504. The van der Waals surface area contributed by atoms with Gasteiger partial charge in [-0.05, 0) is 36.5 Å². The number of ether oxygens (including phenoxy) is 1. The van der Waals surface area contributed by atoms with Crippen LogP contribution >= 0.6 is 0 Å². The lowest BCUT2D eigenvalue weighted by Gasteiger charge is -2.45. The van der Waals surface area contributed by atoms with Crippen molar-refractivity contribution in [2.45, 2.75) is 76.8 Å². The summed E-state index contributed by atoms with van der Waals surface area (Å²) in [6.07, 6.45) is 5.14. The van der Waals surface area contributed by atoms with E-state index in [1.807, 2.05) is 12.2 Å². The highest BCUT2D eigenvalue weighted by Gasteiger charge is 2.49. The maximum Gasteiger partial charge on any atom is 0.337 e. The van der Waals surface area contributed by atoms with Gasteiger partial charge in [-0.1, -0.05) is 46.4 Å². The Kier molecular flexibility index (Phi) is 6.64. The molecule has 138 valence electrons. The van der Waals surface area contributed by atoms with Crippen molar-refractivity contribution in [1.29, 1.82) is 0 Å². The molecular weight excluding hydrogens is 320 g/mol. The molecule has 1 saturated carbocycles. The van der Waals surface area contributed by atoms with Crippen LogP contribution in [0.25, 0.3) is 0 Å². The van der Waals surface area contributed by atoms with Crippen LogP contribution in [0.5, 0.6) is 0 Å². The first-order valence-corrected chi connectivity index (χ1v) is 11.6. The van der Waals surface area contributed by atoms with Crippen molar-refractivity contribution >= 4 is 14.3 Å². The van der Waals surface area contributed by atoms with E-state index in [1.165, 1.54) is 7.11 Å². The zero-order chi connectivity index (χ0) is 18.8. The Hall–Kier alpha value is -0.913. The number of carbonyl (C=O) groups is 1. The molecule has 5 heteroatoms. The molecule has 0 unspecified atom stereocenters. The molecule has 0 aliphatic heterocycles. The van der Waals surface area contributed by atoms with Gasteiger partial charge in [0.1, 0.15) is 0 Å². The van der Waals surface area contributed by atoms with Crippen molar-refractivity contribution in [2.24, 2.45) is 5.92 Å². The van der Waals surface area contributed by atoms with E-state index >= 15 is 0 Å². The van der Waals surface area contributed by atoms with Crippen LogP contribution in [0.2, 0.25) is 18.1 Å². The van der Waals surface area contributed by atoms with Crippen LogP contribution < -0.4 is 0 Å². The topological polar surface area (TPSA) is 55.8 Å². The van der Waals surface area contributed by atoms with Gasteiger partial charge < -0.3 is 14.3 Å². The van der Waals surface area contributed by atoms with Gasteiger partial charge in [0.05, 0.1) is 13.2 Å². The number of allylic oxidation sites excluding steroid dienone is 2. The highest BCUT2D eigenvalue weighted by Crippen LogP contribution is 2.44. The highest BCUT2D eigenvalue weighted by molar-refractivity contribution is 6.74. The van der Waals surface area contributed by atoms with E-state index in [9.17, 15) is 9.90 Å². The normalized spacial score (nSPS) is 29.1. The third-order valence-corrected chi connectivity index (χ3v) is 9.87. The second kappa shape index (κ2) is 7.54. The van der Waals surface area contributed by atoms with Crippen molar-refractivity contribution in [2.75, 3.05) is 7.11 Å². The maximum absolute atomic E-state index is 12.2. The van der Waals surface area contributed by atoms with Gasteiger partial charge in [-0.3, -0.25) is 0 Å². The fraction of sp³-hybridized carbons (Fsp3) is 0.737. The molecule has 0 spiro atoms. The lowest BCUT2D eigenvalue weighted by Crippen LogP contribution is -2.53. The smallest absolute Gasteiger partial charge is 0.337 e. The van der Waals surface area contributed by atoms with Crippen LogP contribution in [-0.2, 0) is 14.0 Å². The summed E-state index contributed by atoms with van der Waals surface area (Å²) in [6, 6.07) is 0. The summed E-state index contributed by atoms with van der Waals surface area (Å²) in [5.41, 5.74) is -0.579. The van der Waals surface area contributed by atoms with E-state index in [0.717, 1.165) is 12.0 Å². The first-order valence-electron chi connectivity index (χ1n) is 8.72. The number of esters is 1. The molecule has 4 nitrogen and oxygen atoms in total. The van der Waals surface area contributed by atoms with Crippen LogP contribution in [-0.4, -0.2) is 38.2 Å². The Balaban J connectivity index is 3.15. The van der Waals surface area contributed by atoms with Gasteiger partial charge >= 0.3 is 5.97 Å². The molecule has 0 heterocycles. The fourth-order valence-electron chi connectivity index (χ4n) is 2.75. The molecule has 0 radical (unpaired) electrons. The SMILES string of the molecule is C=C1[C@H](C=CCC)C[C@@](O)(C(=O)OC)C[C@H]1O[Si](C)(C)C(C)(C)C. The molecule has 0 saturated heterocycles. The molecule has 1 fully saturated rings. The van der Waals surface area contributed by atoms with Crippen LogP contribution in [0.4, 0.5) is 0 Å².